The molecule has 0 bridgehead atoms. The number of carbonyl (C=O) groups excluding carboxylic acids is 1. The van der Waals surface area contributed by atoms with Crippen LogP contribution >= 0.6 is 0 Å². The van der Waals surface area contributed by atoms with Gasteiger partial charge >= 0.3 is 0 Å². The molecular weight excluding hydrogens is 340 g/mol. The van der Waals surface area contributed by atoms with E-state index < -0.39 is 0 Å². The molecule has 1 atom stereocenters. The number of para-hydroxylation sites is 1. The minimum Gasteiger partial charge on any atom is -0.486 e. The van der Waals surface area contributed by atoms with Gasteiger partial charge < -0.3 is 14.4 Å². The van der Waals surface area contributed by atoms with E-state index in [1.54, 1.807) is 0 Å². The molecule has 0 spiro atoms. The summed E-state index contributed by atoms with van der Waals surface area (Å²) in [7, 11) is 0. The molecule has 0 radical (unpaired) electrons. The molecule has 1 unspecified atom stereocenters. The highest BCUT2D eigenvalue weighted by molar-refractivity contribution is 5.96. The molecule has 1 fully saturated rings. The lowest BCUT2D eigenvalue weighted by Gasteiger charge is -2.28. The first-order valence-electron chi connectivity index (χ1n) is 9.81. The molecule has 140 valence electrons. The van der Waals surface area contributed by atoms with Crippen LogP contribution in [0.2, 0.25) is 0 Å². The number of hydrogen-bond acceptors (Lipinski definition) is 4. The van der Waals surface area contributed by atoms with Gasteiger partial charge in [0.05, 0.1) is 6.54 Å². The van der Waals surface area contributed by atoms with E-state index in [2.05, 4.69) is 29.2 Å². The molecule has 0 aliphatic carbocycles. The average molecular weight is 364 g/mol. The van der Waals surface area contributed by atoms with Gasteiger partial charge in [0.15, 0.2) is 11.5 Å². The summed E-state index contributed by atoms with van der Waals surface area (Å²) >= 11 is 0. The molecule has 5 heteroatoms. The van der Waals surface area contributed by atoms with Gasteiger partial charge in [0, 0.05) is 18.3 Å². The summed E-state index contributed by atoms with van der Waals surface area (Å²) in [6.07, 6.45) is 3.14. The lowest BCUT2D eigenvalue weighted by molar-refractivity contribution is -0.119. The van der Waals surface area contributed by atoms with Crippen molar-refractivity contribution in [3.8, 4) is 11.5 Å². The number of carbonyl (C=O) groups is 1. The first-order valence-corrected chi connectivity index (χ1v) is 9.81. The fraction of sp³-hybridized carbons (Fsp3) is 0.409. The van der Waals surface area contributed by atoms with E-state index >= 15 is 0 Å². The highest BCUT2D eigenvalue weighted by Gasteiger charge is 2.32. The van der Waals surface area contributed by atoms with Crippen molar-refractivity contribution in [2.24, 2.45) is 0 Å². The number of hydrogen-bond donors (Lipinski definition) is 0. The zero-order chi connectivity index (χ0) is 18.2. The van der Waals surface area contributed by atoms with Crippen molar-refractivity contribution >= 4 is 11.6 Å². The molecular formula is C22H24N2O3. The maximum absolute atomic E-state index is 13.0. The topological polar surface area (TPSA) is 42.0 Å². The first kappa shape index (κ1) is 16.6. The maximum atomic E-state index is 13.0. The van der Waals surface area contributed by atoms with Gasteiger partial charge in [-0.15, -0.1) is 0 Å². The standard InChI is InChI=1S/C22H24N2O3/c25-22(24-11-9-16-4-1-2-5-19(16)24)15-23-10-3-6-18(23)17-7-8-20-21(14-17)27-13-12-26-20/h1-2,4-5,7-8,14,18H,3,6,9-13,15H2. The van der Waals surface area contributed by atoms with Crippen LogP contribution in [0.1, 0.15) is 30.0 Å². The van der Waals surface area contributed by atoms with Crippen LogP contribution in [0, 0.1) is 0 Å². The van der Waals surface area contributed by atoms with Gasteiger partial charge in [-0.3, -0.25) is 9.69 Å². The van der Waals surface area contributed by atoms with Gasteiger partial charge in [-0.1, -0.05) is 24.3 Å². The van der Waals surface area contributed by atoms with Crippen molar-refractivity contribution in [2.45, 2.75) is 25.3 Å². The van der Waals surface area contributed by atoms with Crippen molar-refractivity contribution < 1.29 is 14.3 Å². The van der Waals surface area contributed by atoms with Gasteiger partial charge in [0.1, 0.15) is 13.2 Å². The Bertz CT molecular complexity index is 866. The maximum Gasteiger partial charge on any atom is 0.241 e. The second-order valence-corrected chi connectivity index (χ2v) is 7.46. The van der Waals surface area contributed by atoms with Crippen LogP contribution in [0.5, 0.6) is 11.5 Å². The van der Waals surface area contributed by atoms with Crippen LogP contribution in [0.3, 0.4) is 0 Å². The Hall–Kier alpha value is -2.53. The highest BCUT2D eigenvalue weighted by Crippen LogP contribution is 2.38. The van der Waals surface area contributed by atoms with Crippen LogP contribution in [0.25, 0.3) is 0 Å². The molecule has 3 heterocycles. The molecule has 0 N–H and O–H groups in total. The Morgan fingerprint density at radius 1 is 1.04 bits per heavy atom. The third kappa shape index (κ3) is 3.06. The van der Waals surface area contributed by atoms with E-state index in [1.165, 1.54) is 11.1 Å². The summed E-state index contributed by atoms with van der Waals surface area (Å²) in [5.41, 5.74) is 3.57. The van der Waals surface area contributed by atoms with Gasteiger partial charge in [-0.05, 0) is 55.1 Å². The molecule has 3 aliphatic heterocycles. The summed E-state index contributed by atoms with van der Waals surface area (Å²) in [6.45, 7) is 3.42. The number of amides is 1. The minimum atomic E-state index is 0.199. The number of anilines is 1. The summed E-state index contributed by atoms with van der Waals surface area (Å²) in [5.74, 6) is 1.84. The van der Waals surface area contributed by atoms with E-state index in [-0.39, 0.29) is 11.9 Å². The predicted octanol–water partition coefficient (Wildman–Crippen LogP) is 3.18. The Morgan fingerprint density at radius 2 is 1.89 bits per heavy atom. The molecule has 0 aromatic heterocycles. The molecule has 1 saturated heterocycles. The monoisotopic (exact) mass is 364 g/mol. The van der Waals surface area contributed by atoms with E-state index in [9.17, 15) is 4.79 Å². The predicted molar refractivity (Wildman–Crippen MR) is 103 cm³/mol. The van der Waals surface area contributed by atoms with Crippen molar-refractivity contribution in [1.82, 2.24) is 4.90 Å². The van der Waals surface area contributed by atoms with E-state index in [4.69, 9.17) is 9.47 Å². The zero-order valence-corrected chi connectivity index (χ0v) is 15.4. The zero-order valence-electron chi connectivity index (χ0n) is 15.4. The van der Waals surface area contributed by atoms with Crippen molar-refractivity contribution in [2.75, 3.05) is 37.7 Å². The fourth-order valence-corrected chi connectivity index (χ4v) is 4.52. The molecule has 27 heavy (non-hydrogen) atoms. The van der Waals surface area contributed by atoms with Gasteiger partial charge in [-0.2, -0.15) is 0 Å². The Kier molecular flexibility index (Phi) is 4.24. The SMILES string of the molecule is O=C(CN1CCCC1c1ccc2c(c1)OCCO2)N1CCc2ccccc21. The summed E-state index contributed by atoms with van der Waals surface area (Å²) in [5, 5.41) is 0. The van der Waals surface area contributed by atoms with E-state index in [0.717, 1.165) is 49.5 Å². The molecule has 2 aromatic carbocycles. The number of rotatable bonds is 3. The Morgan fingerprint density at radius 3 is 2.81 bits per heavy atom. The average Bonchev–Trinajstić information content (AvgIpc) is 3.34. The first-order chi connectivity index (χ1) is 13.3. The molecule has 2 aromatic rings. The lowest BCUT2D eigenvalue weighted by atomic mass is 10.0. The molecule has 0 saturated carbocycles. The Labute approximate surface area is 159 Å². The second-order valence-electron chi connectivity index (χ2n) is 7.46. The third-order valence-corrected chi connectivity index (χ3v) is 5.84. The number of nitrogens with zero attached hydrogens (tertiary/aromatic N) is 2. The van der Waals surface area contributed by atoms with Crippen molar-refractivity contribution in [1.29, 1.82) is 0 Å². The fourth-order valence-electron chi connectivity index (χ4n) is 4.52. The summed E-state index contributed by atoms with van der Waals surface area (Å²) in [6, 6.07) is 14.7. The van der Waals surface area contributed by atoms with Crippen LogP contribution in [0.4, 0.5) is 5.69 Å². The molecule has 3 aliphatic rings. The van der Waals surface area contributed by atoms with E-state index in [0.29, 0.717) is 19.8 Å². The normalized spacial score (nSPS) is 21.3. The third-order valence-electron chi connectivity index (χ3n) is 5.84. The minimum absolute atomic E-state index is 0.199. The van der Waals surface area contributed by atoms with Crippen molar-refractivity contribution in [3.05, 3.63) is 53.6 Å². The lowest BCUT2D eigenvalue weighted by Crippen LogP contribution is -2.39. The largest absolute Gasteiger partial charge is 0.486 e. The van der Waals surface area contributed by atoms with Crippen LogP contribution < -0.4 is 14.4 Å². The number of benzene rings is 2. The molecule has 5 nitrogen and oxygen atoms in total. The van der Waals surface area contributed by atoms with Gasteiger partial charge in [-0.25, -0.2) is 0 Å². The quantitative estimate of drug-likeness (QED) is 0.839. The number of likely N-dealkylation sites (tertiary alicyclic amines) is 1. The number of fused-ring (bicyclic) bond motifs is 2. The molecule has 1 amide bonds. The van der Waals surface area contributed by atoms with Crippen LogP contribution in [0.15, 0.2) is 42.5 Å². The summed E-state index contributed by atoms with van der Waals surface area (Å²) in [4.78, 5) is 17.3. The molecule has 5 rings (SSSR count). The Balaban J connectivity index is 1.33. The van der Waals surface area contributed by atoms with Gasteiger partial charge in [0.25, 0.3) is 0 Å². The highest BCUT2D eigenvalue weighted by atomic mass is 16.6. The smallest absolute Gasteiger partial charge is 0.241 e. The number of ether oxygens (including phenoxy) is 2. The van der Waals surface area contributed by atoms with Crippen molar-refractivity contribution in [3.63, 3.8) is 0 Å². The second kappa shape index (κ2) is 6.89. The van der Waals surface area contributed by atoms with E-state index in [1.807, 2.05) is 23.1 Å². The summed E-state index contributed by atoms with van der Waals surface area (Å²) < 4.78 is 11.4. The van der Waals surface area contributed by atoms with Crippen LogP contribution in [-0.4, -0.2) is 43.7 Å². The van der Waals surface area contributed by atoms with Gasteiger partial charge in [0.2, 0.25) is 5.91 Å². The van der Waals surface area contributed by atoms with Crippen LogP contribution in [-0.2, 0) is 11.2 Å².